The number of aryl methyl sites for hydroxylation is 1. The summed E-state index contributed by atoms with van der Waals surface area (Å²) < 4.78 is 5.08. The quantitative estimate of drug-likeness (QED) is 0.652. The van der Waals surface area contributed by atoms with Gasteiger partial charge in [-0.25, -0.2) is 4.79 Å². The van der Waals surface area contributed by atoms with Crippen molar-refractivity contribution >= 4 is 39.1 Å². The van der Waals surface area contributed by atoms with Crippen LogP contribution in [0.5, 0.6) is 0 Å². The van der Waals surface area contributed by atoms with Crippen LogP contribution >= 0.6 is 11.3 Å². The van der Waals surface area contributed by atoms with Crippen LogP contribution in [0.25, 0.3) is 10.9 Å². The van der Waals surface area contributed by atoms with Crippen LogP contribution in [-0.2, 0) is 22.4 Å². The number of hydrogen-bond acceptors (Lipinski definition) is 4. The van der Waals surface area contributed by atoms with Crippen LogP contribution in [0.2, 0.25) is 0 Å². The van der Waals surface area contributed by atoms with Crippen LogP contribution in [0.3, 0.4) is 0 Å². The molecule has 0 aliphatic rings. The molecule has 2 N–H and O–H groups in total. The number of para-hydroxylation sites is 1. The smallest absolute Gasteiger partial charge is 0.341 e. The highest BCUT2D eigenvalue weighted by molar-refractivity contribution is 7.16. The van der Waals surface area contributed by atoms with Gasteiger partial charge < -0.3 is 15.0 Å². The molecule has 0 saturated carbocycles. The van der Waals surface area contributed by atoms with Gasteiger partial charge in [0.2, 0.25) is 5.91 Å². The second kappa shape index (κ2) is 7.53. The third kappa shape index (κ3) is 3.74. The van der Waals surface area contributed by atoms with Gasteiger partial charge in [-0.1, -0.05) is 25.1 Å². The Hall–Kier alpha value is -2.60. The summed E-state index contributed by atoms with van der Waals surface area (Å²) in [6.07, 6.45) is 2.89. The first-order valence-electron chi connectivity index (χ1n) is 8.27. The lowest BCUT2D eigenvalue weighted by Gasteiger charge is -2.06. The number of hydrogen-bond donors (Lipinski definition) is 2. The highest BCUT2D eigenvalue weighted by atomic mass is 32.1. The standard InChI is InChI=1S/C19H20N2O3S/c1-3-13-10-15(19(23)24-4-2)18(25-13)21-17(22)9-12-11-20-16-8-6-5-7-14(12)16/h5-8,10-11,20H,3-4,9H2,1-2H3,(H,21,22). The summed E-state index contributed by atoms with van der Waals surface area (Å²) in [6, 6.07) is 9.65. The second-order valence-electron chi connectivity index (χ2n) is 5.61. The zero-order valence-corrected chi connectivity index (χ0v) is 15.0. The number of rotatable bonds is 6. The number of amides is 1. The fourth-order valence-electron chi connectivity index (χ4n) is 2.69. The molecule has 0 saturated heterocycles. The molecule has 0 radical (unpaired) electrons. The summed E-state index contributed by atoms with van der Waals surface area (Å²) in [5.74, 6) is -0.555. The van der Waals surface area contributed by atoms with Gasteiger partial charge in [-0.05, 0) is 31.0 Å². The molecule has 3 rings (SSSR count). The van der Waals surface area contributed by atoms with Crippen molar-refractivity contribution in [3.63, 3.8) is 0 Å². The number of H-pyrrole nitrogens is 1. The molecule has 0 fully saturated rings. The van der Waals surface area contributed by atoms with Gasteiger partial charge in [-0.15, -0.1) is 11.3 Å². The lowest BCUT2D eigenvalue weighted by atomic mass is 10.1. The first-order valence-corrected chi connectivity index (χ1v) is 9.08. The predicted molar refractivity (Wildman–Crippen MR) is 100 cm³/mol. The van der Waals surface area contributed by atoms with E-state index >= 15 is 0 Å². The van der Waals surface area contributed by atoms with E-state index < -0.39 is 5.97 Å². The van der Waals surface area contributed by atoms with Crippen LogP contribution in [0, 0.1) is 0 Å². The van der Waals surface area contributed by atoms with Crippen LogP contribution in [-0.4, -0.2) is 23.5 Å². The Bertz CT molecular complexity index is 910. The molecule has 25 heavy (non-hydrogen) atoms. The van der Waals surface area contributed by atoms with E-state index in [2.05, 4.69) is 10.3 Å². The summed E-state index contributed by atoms with van der Waals surface area (Å²) in [5, 5.41) is 4.46. The molecule has 0 unspecified atom stereocenters. The van der Waals surface area contributed by atoms with Gasteiger partial charge in [0.1, 0.15) is 5.00 Å². The molecule has 2 heterocycles. The maximum atomic E-state index is 12.5. The van der Waals surface area contributed by atoms with Gasteiger partial charge in [0, 0.05) is 22.0 Å². The number of carbonyl (C=O) groups excluding carboxylic acids is 2. The number of aromatic nitrogens is 1. The van der Waals surface area contributed by atoms with E-state index in [-0.39, 0.29) is 12.3 Å². The molecule has 0 aliphatic heterocycles. The van der Waals surface area contributed by atoms with E-state index in [1.54, 1.807) is 13.0 Å². The van der Waals surface area contributed by atoms with Gasteiger partial charge >= 0.3 is 5.97 Å². The summed E-state index contributed by atoms with van der Waals surface area (Å²) in [6.45, 7) is 4.08. The molecule has 0 atom stereocenters. The van der Waals surface area contributed by atoms with Crippen molar-refractivity contribution in [2.75, 3.05) is 11.9 Å². The SMILES string of the molecule is CCOC(=O)c1cc(CC)sc1NC(=O)Cc1c[nH]c2ccccc12. The average Bonchev–Trinajstić information content (AvgIpc) is 3.19. The summed E-state index contributed by atoms with van der Waals surface area (Å²) in [7, 11) is 0. The third-order valence-electron chi connectivity index (χ3n) is 3.91. The number of fused-ring (bicyclic) bond motifs is 1. The average molecular weight is 356 g/mol. The van der Waals surface area contributed by atoms with Gasteiger partial charge in [0.05, 0.1) is 18.6 Å². The number of anilines is 1. The Morgan fingerprint density at radius 2 is 2.04 bits per heavy atom. The van der Waals surface area contributed by atoms with E-state index in [0.29, 0.717) is 17.2 Å². The summed E-state index contributed by atoms with van der Waals surface area (Å²) in [5.41, 5.74) is 2.36. The number of esters is 1. The van der Waals surface area contributed by atoms with Crippen molar-refractivity contribution in [1.82, 2.24) is 4.98 Å². The van der Waals surface area contributed by atoms with Crippen molar-refractivity contribution in [1.29, 1.82) is 0 Å². The molecule has 6 heteroatoms. The number of aromatic amines is 1. The van der Waals surface area contributed by atoms with Crippen molar-refractivity contribution in [2.24, 2.45) is 0 Å². The fraction of sp³-hybridized carbons (Fsp3) is 0.263. The van der Waals surface area contributed by atoms with Crippen molar-refractivity contribution in [3.05, 3.63) is 52.5 Å². The predicted octanol–water partition coefficient (Wildman–Crippen LogP) is 4.15. The Morgan fingerprint density at radius 1 is 1.24 bits per heavy atom. The van der Waals surface area contributed by atoms with Crippen LogP contribution < -0.4 is 5.32 Å². The highest BCUT2D eigenvalue weighted by Crippen LogP contribution is 2.29. The molecule has 1 aromatic carbocycles. The van der Waals surface area contributed by atoms with Crippen LogP contribution in [0.4, 0.5) is 5.00 Å². The van der Waals surface area contributed by atoms with E-state index in [0.717, 1.165) is 27.8 Å². The highest BCUT2D eigenvalue weighted by Gasteiger charge is 2.19. The van der Waals surface area contributed by atoms with E-state index in [4.69, 9.17) is 4.74 Å². The zero-order chi connectivity index (χ0) is 17.8. The number of benzene rings is 1. The van der Waals surface area contributed by atoms with Gasteiger partial charge in [0.15, 0.2) is 0 Å². The van der Waals surface area contributed by atoms with E-state index in [9.17, 15) is 9.59 Å². The van der Waals surface area contributed by atoms with Crippen molar-refractivity contribution in [3.8, 4) is 0 Å². The van der Waals surface area contributed by atoms with Crippen molar-refractivity contribution in [2.45, 2.75) is 26.7 Å². The van der Waals surface area contributed by atoms with E-state index in [1.165, 1.54) is 11.3 Å². The number of nitrogens with one attached hydrogen (secondary N) is 2. The monoisotopic (exact) mass is 356 g/mol. The molecule has 130 valence electrons. The van der Waals surface area contributed by atoms with E-state index in [1.807, 2.05) is 37.4 Å². The molecular weight excluding hydrogens is 336 g/mol. The molecule has 5 nitrogen and oxygen atoms in total. The first-order chi connectivity index (χ1) is 12.1. The van der Waals surface area contributed by atoms with Crippen molar-refractivity contribution < 1.29 is 14.3 Å². The fourth-order valence-corrected chi connectivity index (χ4v) is 3.69. The molecular formula is C19H20N2O3S. The molecule has 0 aliphatic carbocycles. The normalized spacial score (nSPS) is 10.8. The topological polar surface area (TPSA) is 71.2 Å². The lowest BCUT2D eigenvalue weighted by Crippen LogP contribution is -2.16. The molecule has 0 bridgehead atoms. The molecule has 2 aromatic heterocycles. The van der Waals surface area contributed by atoms with Gasteiger partial charge in [-0.2, -0.15) is 0 Å². The first kappa shape index (κ1) is 17.2. The largest absolute Gasteiger partial charge is 0.462 e. The number of ether oxygens (including phenoxy) is 1. The minimum absolute atomic E-state index is 0.153. The molecule has 3 aromatic rings. The minimum Gasteiger partial charge on any atom is -0.462 e. The summed E-state index contributed by atoms with van der Waals surface area (Å²) in [4.78, 5) is 28.8. The van der Waals surface area contributed by atoms with Gasteiger partial charge in [-0.3, -0.25) is 4.79 Å². The Morgan fingerprint density at radius 3 is 2.80 bits per heavy atom. The summed E-state index contributed by atoms with van der Waals surface area (Å²) >= 11 is 1.42. The van der Waals surface area contributed by atoms with Crippen LogP contribution in [0.15, 0.2) is 36.5 Å². The molecule has 0 spiro atoms. The number of carbonyl (C=O) groups is 2. The Labute approximate surface area is 150 Å². The number of thiophene rings is 1. The Balaban J connectivity index is 1.78. The van der Waals surface area contributed by atoms with Gasteiger partial charge in [0.25, 0.3) is 0 Å². The third-order valence-corrected chi connectivity index (χ3v) is 5.10. The van der Waals surface area contributed by atoms with Crippen LogP contribution in [0.1, 0.15) is 34.6 Å². The second-order valence-corrected chi connectivity index (χ2v) is 6.75. The Kier molecular flexibility index (Phi) is 5.19. The molecule has 1 amide bonds. The lowest BCUT2D eigenvalue weighted by molar-refractivity contribution is -0.115. The zero-order valence-electron chi connectivity index (χ0n) is 14.2. The maximum Gasteiger partial charge on any atom is 0.341 e. The maximum absolute atomic E-state index is 12.5. The minimum atomic E-state index is -0.402.